The Balaban J connectivity index is 2.29. The number of aldehydes is 1. The Kier molecular flexibility index (Phi) is 3.72. The Bertz CT molecular complexity index is 552. The highest BCUT2D eigenvalue weighted by molar-refractivity contribution is 5.65. The molecule has 2 rings (SSSR count). The molecule has 0 aliphatic heterocycles. The number of para-hydroxylation sites is 1. The van der Waals surface area contributed by atoms with Crippen LogP contribution in [0.15, 0.2) is 48.5 Å². The van der Waals surface area contributed by atoms with Gasteiger partial charge in [-0.3, -0.25) is 0 Å². The van der Waals surface area contributed by atoms with Crippen LogP contribution in [0.25, 0.3) is 0 Å². The van der Waals surface area contributed by atoms with Crippen LogP contribution in [0.1, 0.15) is 17.0 Å². The SMILES string of the molecule is O=CC(Cc1ccccc1F)c1ccccc1O. The number of hydrogen-bond acceptors (Lipinski definition) is 2. The van der Waals surface area contributed by atoms with Gasteiger partial charge >= 0.3 is 0 Å². The van der Waals surface area contributed by atoms with E-state index in [4.69, 9.17) is 0 Å². The number of aromatic hydroxyl groups is 1. The molecule has 1 N–H and O–H groups in total. The summed E-state index contributed by atoms with van der Waals surface area (Å²) in [6.45, 7) is 0. The van der Waals surface area contributed by atoms with Gasteiger partial charge in [-0.15, -0.1) is 0 Å². The molecular weight excluding hydrogens is 231 g/mol. The highest BCUT2D eigenvalue weighted by Crippen LogP contribution is 2.27. The highest BCUT2D eigenvalue weighted by Gasteiger charge is 2.16. The van der Waals surface area contributed by atoms with Crippen molar-refractivity contribution in [2.24, 2.45) is 0 Å². The van der Waals surface area contributed by atoms with Crippen LogP contribution in [-0.2, 0) is 11.2 Å². The van der Waals surface area contributed by atoms with Crippen molar-refractivity contribution in [3.8, 4) is 5.75 Å². The van der Waals surface area contributed by atoms with Gasteiger partial charge in [0.05, 0.1) is 0 Å². The Morgan fingerprint density at radius 2 is 1.78 bits per heavy atom. The molecule has 0 fully saturated rings. The molecule has 92 valence electrons. The van der Waals surface area contributed by atoms with Crippen LogP contribution in [0.4, 0.5) is 4.39 Å². The van der Waals surface area contributed by atoms with E-state index in [9.17, 15) is 14.3 Å². The molecule has 2 aromatic carbocycles. The minimum Gasteiger partial charge on any atom is -0.508 e. The molecule has 0 aliphatic carbocycles. The lowest BCUT2D eigenvalue weighted by Gasteiger charge is -2.12. The summed E-state index contributed by atoms with van der Waals surface area (Å²) in [5, 5.41) is 9.71. The molecule has 0 radical (unpaired) electrons. The molecule has 0 saturated heterocycles. The van der Waals surface area contributed by atoms with E-state index in [1.165, 1.54) is 12.1 Å². The van der Waals surface area contributed by atoms with Crippen molar-refractivity contribution in [2.45, 2.75) is 12.3 Å². The molecule has 0 amide bonds. The summed E-state index contributed by atoms with van der Waals surface area (Å²) in [6, 6.07) is 13.0. The molecule has 0 bridgehead atoms. The van der Waals surface area contributed by atoms with Crippen molar-refractivity contribution in [3.63, 3.8) is 0 Å². The van der Waals surface area contributed by atoms with Crippen molar-refractivity contribution in [2.75, 3.05) is 0 Å². The van der Waals surface area contributed by atoms with E-state index in [-0.39, 0.29) is 18.0 Å². The summed E-state index contributed by atoms with van der Waals surface area (Å²) < 4.78 is 13.5. The molecule has 1 unspecified atom stereocenters. The summed E-state index contributed by atoms with van der Waals surface area (Å²) in [5.41, 5.74) is 0.994. The third kappa shape index (κ3) is 2.56. The van der Waals surface area contributed by atoms with Crippen molar-refractivity contribution >= 4 is 6.29 Å². The average Bonchev–Trinajstić information content (AvgIpc) is 2.39. The van der Waals surface area contributed by atoms with Crippen LogP contribution < -0.4 is 0 Å². The summed E-state index contributed by atoms with van der Waals surface area (Å²) in [6.07, 6.45) is 0.981. The van der Waals surface area contributed by atoms with Crippen molar-refractivity contribution < 1.29 is 14.3 Å². The first-order valence-corrected chi connectivity index (χ1v) is 5.69. The normalized spacial score (nSPS) is 12.1. The maximum Gasteiger partial charge on any atom is 0.127 e. The van der Waals surface area contributed by atoms with Gasteiger partial charge < -0.3 is 9.90 Å². The van der Waals surface area contributed by atoms with Crippen LogP contribution in [0.5, 0.6) is 5.75 Å². The molecule has 0 heterocycles. The number of phenols is 1. The zero-order valence-corrected chi connectivity index (χ0v) is 9.71. The lowest BCUT2D eigenvalue weighted by Crippen LogP contribution is -2.06. The minimum atomic E-state index is -0.539. The van der Waals surface area contributed by atoms with Gasteiger partial charge in [0, 0.05) is 11.5 Å². The van der Waals surface area contributed by atoms with E-state index >= 15 is 0 Å². The predicted molar refractivity (Wildman–Crippen MR) is 67.0 cm³/mol. The van der Waals surface area contributed by atoms with E-state index < -0.39 is 5.92 Å². The average molecular weight is 244 g/mol. The second-order valence-corrected chi connectivity index (χ2v) is 4.10. The van der Waals surface area contributed by atoms with E-state index in [2.05, 4.69) is 0 Å². The lowest BCUT2D eigenvalue weighted by atomic mass is 9.92. The molecule has 1 atom stereocenters. The standard InChI is InChI=1S/C15H13FO2/c16-14-7-3-1-5-11(14)9-12(10-17)13-6-2-4-8-15(13)18/h1-8,10,12,18H,9H2. The first kappa shape index (κ1) is 12.3. The molecular formula is C15H13FO2. The summed E-state index contributed by atoms with van der Waals surface area (Å²) in [5.74, 6) is -0.811. The number of hydrogen-bond donors (Lipinski definition) is 1. The van der Waals surface area contributed by atoms with Gasteiger partial charge in [-0.1, -0.05) is 36.4 Å². The monoisotopic (exact) mass is 244 g/mol. The fraction of sp³-hybridized carbons (Fsp3) is 0.133. The second-order valence-electron chi connectivity index (χ2n) is 4.10. The van der Waals surface area contributed by atoms with Crippen LogP contribution >= 0.6 is 0 Å². The summed E-state index contributed by atoms with van der Waals surface area (Å²) >= 11 is 0. The summed E-state index contributed by atoms with van der Waals surface area (Å²) in [4.78, 5) is 11.1. The van der Waals surface area contributed by atoms with E-state index in [1.807, 2.05) is 0 Å². The molecule has 18 heavy (non-hydrogen) atoms. The van der Waals surface area contributed by atoms with E-state index in [0.29, 0.717) is 11.1 Å². The zero-order valence-electron chi connectivity index (χ0n) is 9.71. The second kappa shape index (κ2) is 5.45. The quantitative estimate of drug-likeness (QED) is 0.839. The van der Waals surface area contributed by atoms with Gasteiger partial charge in [-0.25, -0.2) is 4.39 Å². The molecule has 0 aromatic heterocycles. The number of rotatable bonds is 4. The largest absolute Gasteiger partial charge is 0.508 e. The zero-order chi connectivity index (χ0) is 13.0. The topological polar surface area (TPSA) is 37.3 Å². The smallest absolute Gasteiger partial charge is 0.127 e. The fourth-order valence-corrected chi connectivity index (χ4v) is 1.93. The van der Waals surface area contributed by atoms with Gasteiger partial charge in [-0.2, -0.15) is 0 Å². The van der Waals surface area contributed by atoms with Crippen molar-refractivity contribution in [3.05, 3.63) is 65.5 Å². The summed E-state index contributed by atoms with van der Waals surface area (Å²) in [7, 11) is 0. The Morgan fingerprint density at radius 1 is 1.11 bits per heavy atom. The maximum atomic E-state index is 13.5. The third-order valence-corrected chi connectivity index (χ3v) is 2.90. The first-order chi connectivity index (χ1) is 8.72. The Labute approximate surface area is 105 Å². The third-order valence-electron chi connectivity index (χ3n) is 2.90. The Hall–Kier alpha value is -2.16. The first-order valence-electron chi connectivity index (χ1n) is 5.69. The van der Waals surface area contributed by atoms with Crippen molar-refractivity contribution in [1.29, 1.82) is 0 Å². The van der Waals surface area contributed by atoms with Crippen LogP contribution in [0.2, 0.25) is 0 Å². The van der Waals surface area contributed by atoms with Gasteiger partial charge in [0.2, 0.25) is 0 Å². The molecule has 0 saturated carbocycles. The highest BCUT2D eigenvalue weighted by atomic mass is 19.1. The van der Waals surface area contributed by atoms with E-state index in [0.717, 1.165) is 6.29 Å². The van der Waals surface area contributed by atoms with Crippen LogP contribution in [0, 0.1) is 5.82 Å². The molecule has 3 heteroatoms. The van der Waals surface area contributed by atoms with Crippen LogP contribution in [-0.4, -0.2) is 11.4 Å². The lowest BCUT2D eigenvalue weighted by molar-refractivity contribution is -0.109. The van der Waals surface area contributed by atoms with Crippen LogP contribution in [0.3, 0.4) is 0 Å². The van der Waals surface area contributed by atoms with Gasteiger partial charge in [0.15, 0.2) is 0 Å². The van der Waals surface area contributed by atoms with Crippen molar-refractivity contribution in [1.82, 2.24) is 0 Å². The number of halogens is 1. The minimum absolute atomic E-state index is 0.0611. The molecule has 0 spiro atoms. The van der Waals surface area contributed by atoms with Gasteiger partial charge in [0.25, 0.3) is 0 Å². The van der Waals surface area contributed by atoms with E-state index in [1.54, 1.807) is 36.4 Å². The Morgan fingerprint density at radius 3 is 2.44 bits per heavy atom. The van der Waals surface area contributed by atoms with Gasteiger partial charge in [-0.05, 0) is 24.1 Å². The number of benzene rings is 2. The predicted octanol–water partition coefficient (Wildman–Crippen LogP) is 3.06. The molecule has 2 aromatic rings. The fourth-order valence-electron chi connectivity index (χ4n) is 1.93. The van der Waals surface area contributed by atoms with Gasteiger partial charge in [0.1, 0.15) is 17.9 Å². The number of carbonyl (C=O) groups excluding carboxylic acids is 1. The molecule has 0 aliphatic rings. The number of carbonyl (C=O) groups is 1. The maximum absolute atomic E-state index is 13.5. The molecule has 2 nitrogen and oxygen atoms in total. The number of phenolic OH excluding ortho intramolecular Hbond substituents is 1.